The molecule has 5 heteroatoms. The number of ether oxygens (including phenoxy) is 2. The molecule has 5 nitrogen and oxygen atoms in total. The number of carbonyl (C=O) groups excluding carboxylic acids is 1. The lowest BCUT2D eigenvalue weighted by Gasteiger charge is -2.22. The fourth-order valence-corrected chi connectivity index (χ4v) is 3.38. The summed E-state index contributed by atoms with van der Waals surface area (Å²) >= 11 is 0. The number of hydrogen-bond donors (Lipinski definition) is 1. The first kappa shape index (κ1) is 17.3. The summed E-state index contributed by atoms with van der Waals surface area (Å²) in [5, 5.41) is 0. The van der Waals surface area contributed by atoms with E-state index in [0.717, 1.165) is 22.6 Å². The van der Waals surface area contributed by atoms with Crippen molar-refractivity contribution in [3.05, 3.63) is 59.7 Å². The van der Waals surface area contributed by atoms with Crippen LogP contribution in [0.25, 0.3) is 0 Å². The highest BCUT2D eigenvalue weighted by Gasteiger charge is 2.36. The number of likely N-dealkylation sites (tertiary alicyclic amines) is 1. The van der Waals surface area contributed by atoms with E-state index in [1.165, 1.54) is 0 Å². The lowest BCUT2D eigenvalue weighted by molar-refractivity contribution is -0.122. The van der Waals surface area contributed by atoms with E-state index in [1.807, 2.05) is 49.4 Å². The third-order valence-corrected chi connectivity index (χ3v) is 4.58. The van der Waals surface area contributed by atoms with Crippen LogP contribution < -0.4 is 15.2 Å². The van der Waals surface area contributed by atoms with Crippen LogP contribution in [-0.4, -0.2) is 36.6 Å². The number of methoxy groups -OCH3 is 1. The fourth-order valence-electron chi connectivity index (χ4n) is 3.38. The molecule has 1 heterocycles. The molecule has 0 aromatic heterocycles. The second-order valence-corrected chi connectivity index (χ2v) is 6.44. The van der Waals surface area contributed by atoms with Gasteiger partial charge in [-0.15, -0.1) is 0 Å². The molecule has 132 valence electrons. The van der Waals surface area contributed by atoms with Crippen LogP contribution in [0, 0.1) is 6.92 Å². The van der Waals surface area contributed by atoms with Crippen LogP contribution in [0.2, 0.25) is 0 Å². The van der Waals surface area contributed by atoms with Crippen LogP contribution in [-0.2, 0) is 11.3 Å². The predicted molar refractivity (Wildman–Crippen MR) is 96.6 cm³/mol. The predicted octanol–water partition coefficient (Wildman–Crippen LogP) is 2.51. The maximum atomic E-state index is 11.9. The highest BCUT2D eigenvalue weighted by Crippen LogP contribution is 2.26. The first-order valence-electron chi connectivity index (χ1n) is 8.45. The molecule has 3 rings (SSSR count). The van der Waals surface area contributed by atoms with Crippen LogP contribution in [0.3, 0.4) is 0 Å². The maximum absolute atomic E-state index is 11.9. The van der Waals surface area contributed by atoms with Crippen LogP contribution >= 0.6 is 0 Å². The van der Waals surface area contributed by atoms with Gasteiger partial charge in [-0.3, -0.25) is 9.69 Å². The number of benzene rings is 2. The van der Waals surface area contributed by atoms with Crippen LogP contribution in [0.15, 0.2) is 48.5 Å². The second-order valence-electron chi connectivity index (χ2n) is 6.44. The number of carbonyl (C=O) groups is 1. The van der Waals surface area contributed by atoms with Crippen molar-refractivity contribution < 1.29 is 14.3 Å². The van der Waals surface area contributed by atoms with E-state index in [-0.39, 0.29) is 18.1 Å². The number of rotatable bonds is 6. The average molecular weight is 340 g/mol. The number of nitrogens with two attached hydrogens (primary N) is 1. The van der Waals surface area contributed by atoms with Gasteiger partial charge in [0.25, 0.3) is 0 Å². The third-order valence-electron chi connectivity index (χ3n) is 4.58. The van der Waals surface area contributed by atoms with Crippen molar-refractivity contribution in [1.29, 1.82) is 0 Å². The number of para-hydroxylation sites is 1. The molecule has 1 aliphatic heterocycles. The van der Waals surface area contributed by atoms with Gasteiger partial charge in [0, 0.05) is 19.5 Å². The van der Waals surface area contributed by atoms with Crippen molar-refractivity contribution in [3.8, 4) is 11.5 Å². The SMILES string of the molecule is COc1ccc(CN2C[C@@H](Oc3ccccc3)C[C@H]2C(N)=O)cc1C. The largest absolute Gasteiger partial charge is 0.496 e. The molecule has 1 aliphatic rings. The molecule has 0 aliphatic carbocycles. The Hall–Kier alpha value is -2.53. The Morgan fingerprint density at radius 2 is 2.00 bits per heavy atom. The van der Waals surface area contributed by atoms with Crippen molar-refractivity contribution in [2.24, 2.45) is 5.73 Å². The van der Waals surface area contributed by atoms with Crippen LogP contribution in [0.4, 0.5) is 0 Å². The molecule has 2 atom stereocenters. The molecular formula is C20H24N2O3. The Kier molecular flexibility index (Phi) is 5.24. The van der Waals surface area contributed by atoms with Crippen molar-refractivity contribution in [2.75, 3.05) is 13.7 Å². The van der Waals surface area contributed by atoms with E-state index in [0.29, 0.717) is 19.5 Å². The molecule has 1 saturated heterocycles. The average Bonchev–Trinajstić information content (AvgIpc) is 2.98. The van der Waals surface area contributed by atoms with Gasteiger partial charge in [-0.05, 0) is 36.2 Å². The number of amides is 1. The molecule has 25 heavy (non-hydrogen) atoms. The number of hydrogen-bond acceptors (Lipinski definition) is 4. The first-order chi connectivity index (χ1) is 12.1. The zero-order valence-electron chi connectivity index (χ0n) is 14.6. The van der Waals surface area contributed by atoms with E-state index in [9.17, 15) is 4.79 Å². The van der Waals surface area contributed by atoms with Gasteiger partial charge in [0.15, 0.2) is 0 Å². The second kappa shape index (κ2) is 7.57. The molecule has 0 unspecified atom stereocenters. The Labute approximate surface area is 148 Å². The Morgan fingerprint density at radius 1 is 1.24 bits per heavy atom. The molecule has 0 radical (unpaired) electrons. The quantitative estimate of drug-likeness (QED) is 0.877. The van der Waals surface area contributed by atoms with Crippen LogP contribution in [0.5, 0.6) is 11.5 Å². The fraction of sp³-hybridized carbons (Fsp3) is 0.350. The summed E-state index contributed by atoms with van der Waals surface area (Å²) in [4.78, 5) is 14.0. The summed E-state index contributed by atoms with van der Waals surface area (Å²) in [7, 11) is 1.66. The third kappa shape index (κ3) is 4.12. The zero-order valence-corrected chi connectivity index (χ0v) is 14.6. The first-order valence-corrected chi connectivity index (χ1v) is 8.45. The number of nitrogens with zero attached hydrogens (tertiary/aromatic N) is 1. The molecular weight excluding hydrogens is 316 g/mol. The van der Waals surface area contributed by atoms with Gasteiger partial charge in [0.1, 0.15) is 17.6 Å². The zero-order chi connectivity index (χ0) is 17.8. The summed E-state index contributed by atoms with van der Waals surface area (Å²) in [6, 6.07) is 15.4. The minimum atomic E-state index is -0.309. The summed E-state index contributed by atoms with van der Waals surface area (Å²) in [5.74, 6) is 1.38. The summed E-state index contributed by atoms with van der Waals surface area (Å²) in [6.45, 7) is 3.35. The van der Waals surface area contributed by atoms with Gasteiger partial charge in [-0.2, -0.15) is 0 Å². The smallest absolute Gasteiger partial charge is 0.234 e. The minimum Gasteiger partial charge on any atom is -0.496 e. The molecule has 2 aromatic rings. The standard InChI is InChI=1S/C20H24N2O3/c1-14-10-15(8-9-19(14)24-2)12-22-13-17(11-18(22)20(21)23)25-16-6-4-3-5-7-16/h3-10,17-18H,11-13H2,1-2H3,(H2,21,23)/t17-,18-/m0/s1. The summed E-state index contributed by atoms with van der Waals surface area (Å²) < 4.78 is 11.3. The van der Waals surface area contributed by atoms with Gasteiger partial charge in [-0.25, -0.2) is 0 Å². The van der Waals surface area contributed by atoms with Crippen LogP contribution in [0.1, 0.15) is 17.5 Å². The molecule has 0 bridgehead atoms. The van der Waals surface area contributed by atoms with Gasteiger partial charge in [0.2, 0.25) is 5.91 Å². The molecule has 2 aromatic carbocycles. The van der Waals surface area contributed by atoms with Gasteiger partial charge in [-0.1, -0.05) is 30.3 Å². The van der Waals surface area contributed by atoms with E-state index >= 15 is 0 Å². The monoisotopic (exact) mass is 340 g/mol. The maximum Gasteiger partial charge on any atom is 0.234 e. The summed E-state index contributed by atoms with van der Waals surface area (Å²) in [5.41, 5.74) is 7.82. The lowest BCUT2D eigenvalue weighted by atomic mass is 10.1. The van der Waals surface area contributed by atoms with E-state index in [4.69, 9.17) is 15.2 Å². The molecule has 0 saturated carbocycles. The molecule has 1 fully saturated rings. The van der Waals surface area contributed by atoms with Crippen molar-refractivity contribution in [3.63, 3.8) is 0 Å². The Bertz CT molecular complexity index is 733. The normalized spacial score (nSPS) is 20.4. The Morgan fingerprint density at radius 3 is 2.64 bits per heavy atom. The highest BCUT2D eigenvalue weighted by atomic mass is 16.5. The van der Waals surface area contributed by atoms with Crippen molar-refractivity contribution >= 4 is 5.91 Å². The molecule has 0 spiro atoms. The van der Waals surface area contributed by atoms with Gasteiger partial charge >= 0.3 is 0 Å². The highest BCUT2D eigenvalue weighted by molar-refractivity contribution is 5.80. The molecule has 1 amide bonds. The minimum absolute atomic E-state index is 0.0424. The topological polar surface area (TPSA) is 64.8 Å². The lowest BCUT2D eigenvalue weighted by Crippen LogP contribution is -2.39. The number of primary amides is 1. The number of aryl methyl sites for hydroxylation is 1. The van der Waals surface area contributed by atoms with Crippen molar-refractivity contribution in [2.45, 2.75) is 32.0 Å². The van der Waals surface area contributed by atoms with E-state index in [1.54, 1.807) is 7.11 Å². The van der Waals surface area contributed by atoms with Gasteiger partial charge < -0.3 is 15.2 Å². The van der Waals surface area contributed by atoms with Gasteiger partial charge in [0.05, 0.1) is 13.2 Å². The Balaban J connectivity index is 1.70. The summed E-state index contributed by atoms with van der Waals surface area (Å²) in [6.07, 6.45) is 0.568. The molecule has 2 N–H and O–H groups in total. The van der Waals surface area contributed by atoms with Crippen molar-refractivity contribution in [1.82, 2.24) is 4.90 Å². The van der Waals surface area contributed by atoms with E-state index in [2.05, 4.69) is 11.0 Å². The van der Waals surface area contributed by atoms with E-state index < -0.39 is 0 Å².